The largest absolute Gasteiger partial charge is 0.383 e. The molecule has 4 nitrogen and oxygen atoms in total. The summed E-state index contributed by atoms with van der Waals surface area (Å²) >= 11 is 0. The van der Waals surface area contributed by atoms with E-state index in [1.165, 1.54) is 14.2 Å². The first kappa shape index (κ1) is 14.1. The fraction of sp³-hybridized carbons (Fsp3) is 0.857. The highest BCUT2D eigenvalue weighted by Gasteiger charge is 2.48. The molecule has 1 N–H and O–H groups in total. The lowest BCUT2D eigenvalue weighted by molar-refractivity contribution is -0.172. The van der Waals surface area contributed by atoms with Crippen molar-refractivity contribution >= 4 is 5.91 Å². The molecular weight excluding hydrogens is 222 g/mol. The minimum absolute atomic E-state index is 0.436. The van der Waals surface area contributed by atoms with Crippen LogP contribution in [0.1, 0.15) is 0 Å². The van der Waals surface area contributed by atoms with Crippen LogP contribution in [0.5, 0.6) is 0 Å². The normalized spacial score (nSPS) is 12.3. The first-order chi connectivity index (χ1) is 6.86. The van der Waals surface area contributed by atoms with E-state index in [1.807, 2.05) is 0 Å². The van der Waals surface area contributed by atoms with E-state index < -0.39 is 31.1 Å². The lowest BCUT2D eigenvalue weighted by Crippen LogP contribution is -2.47. The van der Waals surface area contributed by atoms with Gasteiger partial charge in [0, 0.05) is 14.2 Å². The highest BCUT2D eigenvalue weighted by atomic mass is 19.3. The molecule has 0 rings (SSSR count). The van der Waals surface area contributed by atoms with Gasteiger partial charge in [0.1, 0.15) is 0 Å². The molecule has 0 aromatic rings. The van der Waals surface area contributed by atoms with Crippen LogP contribution in [0.3, 0.4) is 0 Å². The molecule has 0 atom stereocenters. The molecule has 0 aliphatic heterocycles. The van der Waals surface area contributed by atoms with E-state index in [0.717, 1.165) is 0 Å². The van der Waals surface area contributed by atoms with Crippen molar-refractivity contribution in [1.82, 2.24) is 5.32 Å². The summed E-state index contributed by atoms with van der Waals surface area (Å²) in [5, 5.41) is 1.59. The number of rotatable bonds is 6. The average Bonchev–Trinajstić information content (AvgIpc) is 2.18. The molecule has 0 aliphatic rings. The zero-order valence-corrected chi connectivity index (χ0v) is 8.10. The van der Waals surface area contributed by atoms with Gasteiger partial charge in [0.05, 0.1) is 6.54 Å². The third-order valence-corrected chi connectivity index (χ3v) is 1.53. The Hall–Kier alpha value is -0.890. The third kappa shape index (κ3) is 4.00. The molecular formula is C7H11F4NO3. The summed E-state index contributed by atoms with van der Waals surface area (Å²) in [5.41, 5.74) is 0. The quantitative estimate of drug-likeness (QED) is 0.540. The summed E-state index contributed by atoms with van der Waals surface area (Å²) in [6, 6.07) is 0. The summed E-state index contributed by atoms with van der Waals surface area (Å²) in [5.74, 6) is -6.76. The van der Waals surface area contributed by atoms with Gasteiger partial charge < -0.3 is 14.8 Å². The molecule has 0 unspecified atom stereocenters. The molecule has 0 aliphatic carbocycles. The number of carbonyl (C=O) groups excluding carboxylic acids is 1. The van der Waals surface area contributed by atoms with Crippen molar-refractivity contribution in [2.75, 3.05) is 20.8 Å². The molecule has 1 amide bonds. The fourth-order valence-corrected chi connectivity index (χ4v) is 0.656. The van der Waals surface area contributed by atoms with Crippen LogP contribution in [0.25, 0.3) is 0 Å². The summed E-state index contributed by atoms with van der Waals surface area (Å²) in [7, 11) is 2.43. The maximum atomic E-state index is 12.4. The Bertz CT molecular complexity index is 208. The lowest BCUT2D eigenvalue weighted by atomic mass is 10.3. The predicted octanol–water partition coefficient (Wildman–Crippen LogP) is 0.622. The molecule has 0 bridgehead atoms. The van der Waals surface area contributed by atoms with Crippen LogP contribution >= 0.6 is 0 Å². The van der Waals surface area contributed by atoms with Gasteiger partial charge in [-0.2, -0.15) is 8.78 Å². The molecule has 90 valence electrons. The summed E-state index contributed by atoms with van der Waals surface area (Å²) in [4.78, 5) is 10.6. The number of alkyl halides is 4. The minimum Gasteiger partial charge on any atom is -0.354 e. The highest BCUT2D eigenvalue weighted by molar-refractivity contribution is 5.83. The Labute approximate surface area is 83.5 Å². The Morgan fingerprint density at radius 1 is 1.33 bits per heavy atom. The molecule has 15 heavy (non-hydrogen) atoms. The number of hydrogen-bond donors (Lipinski definition) is 1. The van der Waals surface area contributed by atoms with Crippen LogP contribution in [0.4, 0.5) is 17.6 Å². The fourth-order valence-electron chi connectivity index (χ4n) is 0.656. The molecule has 0 spiro atoms. The first-order valence-electron chi connectivity index (χ1n) is 3.86. The maximum absolute atomic E-state index is 12.4. The number of methoxy groups -OCH3 is 2. The summed E-state index contributed by atoms with van der Waals surface area (Å²) < 4.78 is 57.2. The van der Waals surface area contributed by atoms with Crippen LogP contribution < -0.4 is 5.32 Å². The predicted molar refractivity (Wildman–Crippen MR) is 41.8 cm³/mol. The zero-order chi connectivity index (χ0) is 12.1. The maximum Gasteiger partial charge on any atom is 0.383 e. The highest BCUT2D eigenvalue weighted by Crippen LogP contribution is 2.22. The van der Waals surface area contributed by atoms with Gasteiger partial charge in [-0.1, -0.05) is 0 Å². The van der Waals surface area contributed by atoms with Crippen LogP contribution in [0.15, 0.2) is 0 Å². The number of halogens is 4. The van der Waals surface area contributed by atoms with Crippen molar-refractivity contribution in [2.24, 2.45) is 0 Å². The van der Waals surface area contributed by atoms with Crippen LogP contribution in [0, 0.1) is 0 Å². The molecule has 0 radical (unpaired) electrons. The second-order valence-electron chi connectivity index (χ2n) is 2.53. The second-order valence-corrected chi connectivity index (χ2v) is 2.53. The molecule has 0 saturated heterocycles. The van der Waals surface area contributed by atoms with Gasteiger partial charge in [-0.25, -0.2) is 8.78 Å². The Kier molecular flexibility index (Phi) is 5.51. The second kappa shape index (κ2) is 5.86. The van der Waals surface area contributed by atoms with E-state index in [9.17, 15) is 22.4 Å². The van der Waals surface area contributed by atoms with Crippen molar-refractivity contribution in [1.29, 1.82) is 0 Å². The molecule has 0 aromatic heterocycles. The van der Waals surface area contributed by atoms with Crippen molar-refractivity contribution < 1.29 is 31.8 Å². The van der Waals surface area contributed by atoms with Crippen molar-refractivity contribution in [3.8, 4) is 0 Å². The molecule has 0 saturated carbocycles. The van der Waals surface area contributed by atoms with Crippen molar-refractivity contribution in [3.63, 3.8) is 0 Å². The Morgan fingerprint density at radius 3 is 2.13 bits per heavy atom. The van der Waals surface area contributed by atoms with Gasteiger partial charge >= 0.3 is 12.3 Å². The van der Waals surface area contributed by atoms with Crippen LogP contribution in [0.2, 0.25) is 0 Å². The van der Waals surface area contributed by atoms with Gasteiger partial charge in [-0.15, -0.1) is 0 Å². The molecule has 0 aromatic carbocycles. The minimum atomic E-state index is -4.70. The summed E-state index contributed by atoms with van der Waals surface area (Å²) in [6.45, 7) is -0.436. The van der Waals surface area contributed by atoms with E-state index in [-0.39, 0.29) is 0 Å². The Morgan fingerprint density at radius 2 is 1.80 bits per heavy atom. The number of nitrogens with one attached hydrogen (secondary N) is 1. The van der Waals surface area contributed by atoms with Crippen LogP contribution in [-0.4, -0.2) is 45.3 Å². The Balaban J connectivity index is 4.14. The van der Waals surface area contributed by atoms with E-state index in [2.05, 4.69) is 9.47 Å². The van der Waals surface area contributed by atoms with E-state index in [0.29, 0.717) is 0 Å². The number of amides is 1. The monoisotopic (exact) mass is 233 g/mol. The van der Waals surface area contributed by atoms with E-state index >= 15 is 0 Å². The van der Waals surface area contributed by atoms with Gasteiger partial charge in [0.25, 0.3) is 5.91 Å². The SMILES string of the molecule is COC(CNC(=O)C(F)(F)C(F)F)OC. The number of hydrogen-bond acceptors (Lipinski definition) is 3. The summed E-state index contributed by atoms with van der Waals surface area (Å²) in [6.07, 6.45) is -5.00. The molecule has 0 fully saturated rings. The van der Waals surface area contributed by atoms with Crippen molar-refractivity contribution in [3.05, 3.63) is 0 Å². The van der Waals surface area contributed by atoms with Crippen molar-refractivity contribution in [2.45, 2.75) is 18.6 Å². The molecule has 0 heterocycles. The van der Waals surface area contributed by atoms with Gasteiger partial charge in [-0.3, -0.25) is 4.79 Å². The number of carbonyl (C=O) groups is 1. The smallest absolute Gasteiger partial charge is 0.354 e. The van der Waals surface area contributed by atoms with E-state index in [4.69, 9.17) is 0 Å². The van der Waals surface area contributed by atoms with Crippen LogP contribution in [-0.2, 0) is 14.3 Å². The van der Waals surface area contributed by atoms with Gasteiger partial charge in [0.15, 0.2) is 6.29 Å². The first-order valence-corrected chi connectivity index (χ1v) is 3.86. The van der Waals surface area contributed by atoms with E-state index in [1.54, 1.807) is 5.32 Å². The standard InChI is InChI=1S/C7H11F4NO3/c1-14-4(15-2)3-12-6(13)7(10,11)5(8)9/h4-5H,3H2,1-2H3,(H,12,13). The number of ether oxygens (including phenoxy) is 2. The van der Waals surface area contributed by atoms with Gasteiger partial charge in [0.2, 0.25) is 0 Å². The lowest BCUT2D eigenvalue weighted by Gasteiger charge is -2.17. The molecule has 8 heteroatoms. The third-order valence-electron chi connectivity index (χ3n) is 1.53. The topological polar surface area (TPSA) is 47.6 Å². The van der Waals surface area contributed by atoms with Gasteiger partial charge in [-0.05, 0) is 0 Å². The zero-order valence-electron chi connectivity index (χ0n) is 8.10. The average molecular weight is 233 g/mol.